The first-order valence-electron chi connectivity index (χ1n) is 12.3. The normalized spacial score (nSPS) is 17.1. The van der Waals surface area contributed by atoms with E-state index in [4.69, 9.17) is 11.6 Å². The molecular formula is C28H29ClN4O4S. The number of carbonyl (C=O) groups excluding carboxylic acids is 2. The van der Waals surface area contributed by atoms with Gasteiger partial charge in [0.25, 0.3) is 11.8 Å². The number of nitrogens with zero attached hydrogens (tertiary/aromatic N) is 2. The van der Waals surface area contributed by atoms with Crippen LogP contribution in [-0.4, -0.2) is 68.2 Å². The zero-order chi connectivity index (χ0) is 27.2. The van der Waals surface area contributed by atoms with E-state index in [1.54, 1.807) is 36.4 Å². The second-order valence-electron chi connectivity index (χ2n) is 9.87. The summed E-state index contributed by atoms with van der Waals surface area (Å²) in [6, 6.07) is 11.4. The van der Waals surface area contributed by atoms with Crippen LogP contribution in [0.25, 0.3) is 11.6 Å². The van der Waals surface area contributed by atoms with Crippen LogP contribution in [0.4, 0.5) is 5.69 Å². The van der Waals surface area contributed by atoms with Crippen molar-refractivity contribution in [3.8, 4) is 0 Å². The second-order valence-corrected chi connectivity index (χ2v) is 12.3. The lowest BCUT2D eigenvalue weighted by Crippen LogP contribution is -2.47. The maximum atomic E-state index is 13.3. The summed E-state index contributed by atoms with van der Waals surface area (Å²) in [5, 5.41) is 3.28. The molecule has 2 aliphatic heterocycles. The average Bonchev–Trinajstić information content (AvgIpc) is 3.33. The molecule has 0 aliphatic carbocycles. The van der Waals surface area contributed by atoms with Gasteiger partial charge in [-0.05, 0) is 68.4 Å². The smallest absolute Gasteiger partial charge is 0.256 e. The highest BCUT2D eigenvalue weighted by molar-refractivity contribution is 7.90. The van der Waals surface area contributed by atoms with Gasteiger partial charge in [0.05, 0.1) is 21.8 Å². The Labute approximate surface area is 227 Å². The summed E-state index contributed by atoms with van der Waals surface area (Å²) in [6.45, 7) is 6.69. The number of likely N-dealkylation sites (N-methyl/N-ethyl adjacent to an activating group) is 1. The van der Waals surface area contributed by atoms with E-state index in [0.717, 1.165) is 24.3 Å². The van der Waals surface area contributed by atoms with Gasteiger partial charge in [-0.3, -0.25) is 9.59 Å². The second kappa shape index (κ2) is 10.1. The highest BCUT2D eigenvalue weighted by Gasteiger charge is 2.29. The summed E-state index contributed by atoms with van der Waals surface area (Å²) < 4.78 is 26.4. The number of anilines is 1. The van der Waals surface area contributed by atoms with E-state index in [1.165, 1.54) is 12.1 Å². The minimum atomic E-state index is -3.69. The number of nitrogens with one attached hydrogen (secondary N) is 2. The van der Waals surface area contributed by atoms with Crippen LogP contribution in [0.15, 0.2) is 47.4 Å². The quantitative estimate of drug-likeness (QED) is 0.463. The first-order chi connectivity index (χ1) is 18.0. The summed E-state index contributed by atoms with van der Waals surface area (Å²) in [7, 11) is -1.65. The van der Waals surface area contributed by atoms with Gasteiger partial charge < -0.3 is 20.1 Å². The van der Waals surface area contributed by atoms with E-state index in [2.05, 4.69) is 15.2 Å². The van der Waals surface area contributed by atoms with Gasteiger partial charge >= 0.3 is 0 Å². The van der Waals surface area contributed by atoms with Crippen LogP contribution in [0.2, 0.25) is 5.02 Å². The predicted octanol–water partition coefficient (Wildman–Crippen LogP) is 4.14. The molecule has 2 N–H and O–H groups in total. The van der Waals surface area contributed by atoms with Gasteiger partial charge in [-0.2, -0.15) is 0 Å². The van der Waals surface area contributed by atoms with E-state index in [9.17, 15) is 18.0 Å². The van der Waals surface area contributed by atoms with Gasteiger partial charge in [0.1, 0.15) is 0 Å². The fourth-order valence-electron chi connectivity index (χ4n) is 4.98. The first kappa shape index (κ1) is 26.2. The van der Waals surface area contributed by atoms with Crippen molar-refractivity contribution < 1.29 is 18.0 Å². The van der Waals surface area contributed by atoms with Gasteiger partial charge in [0.15, 0.2) is 9.84 Å². The standard InChI is InChI=1S/C28H29ClN4O4S/c1-17-25(30-18(2)26(17)28(35)33-11-9-32(3)10-12-33)15-23-22-14-21(7-8-24(22)31-27(23)34)38(36,37)16-19-5-4-6-20(29)13-19/h4-8,13-15,30H,9-12,16H2,1-3H3,(H,31,34)/b23-15-. The molecule has 38 heavy (non-hydrogen) atoms. The molecule has 1 saturated heterocycles. The third-order valence-electron chi connectivity index (χ3n) is 7.15. The maximum absolute atomic E-state index is 13.3. The number of halogens is 1. The molecule has 1 aromatic heterocycles. The Bertz CT molecular complexity index is 1580. The van der Waals surface area contributed by atoms with E-state index in [1.807, 2.05) is 25.8 Å². The summed E-state index contributed by atoms with van der Waals surface area (Å²) in [4.78, 5) is 33.6. The Balaban J connectivity index is 1.47. The summed E-state index contributed by atoms with van der Waals surface area (Å²) in [5.41, 5.74) is 4.70. The Morgan fingerprint density at radius 2 is 1.82 bits per heavy atom. The molecule has 0 spiro atoms. The van der Waals surface area contributed by atoms with E-state index >= 15 is 0 Å². The number of aryl methyl sites for hydroxylation is 1. The fraction of sp³-hybridized carbons (Fsp3) is 0.286. The highest BCUT2D eigenvalue weighted by Crippen LogP contribution is 2.36. The van der Waals surface area contributed by atoms with Gasteiger partial charge in [-0.25, -0.2) is 8.42 Å². The summed E-state index contributed by atoms with van der Waals surface area (Å²) >= 11 is 6.03. The highest BCUT2D eigenvalue weighted by atomic mass is 35.5. The van der Waals surface area contributed by atoms with Gasteiger partial charge in [0, 0.05) is 53.8 Å². The number of hydrogen-bond acceptors (Lipinski definition) is 5. The molecular weight excluding hydrogens is 524 g/mol. The molecule has 2 aromatic carbocycles. The zero-order valence-corrected chi connectivity index (χ0v) is 23.0. The number of H-pyrrole nitrogens is 1. The van der Waals surface area contributed by atoms with Crippen molar-refractivity contribution >= 4 is 50.6 Å². The van der Waals surface area contributed by atoms with Crippen LogP contribution in [-0.2, 0) is 20.4 Å². The third kappa shape index (κ3) is 5.01. The van der Waals surface area contributed by atoms with Gasteiger partial charge in [0.2, 0.25) is 0 Å². The maximum Gasteiger partial charge on any atom is 0.256 e. The number of rotatable bonds is 5. The van der Waals surface area contributed by atoms with Crippen molar-refractivity contribution in [3.63, 3.8) is 0 Å². The molecule has 2 aliphatic rings. The molecule has 0 atom stereocenters. The van der Waals surface area contributed by atoms with E-state index < -0.39 is 9.84 Å². The molecule has 0 bridgehead atoms. The van der Waals surface area contributed by atoms with Gasteiger partial charge in [-0.15, -0.1) is 0 Å². The fourth-order valence-corrected chi connectivity index (χ4v) is 6.56. The number of sulfone groups is 1. The van der Waals surface area contributed by atoms with Crippen molar-refractivity contribution in [1.82, 2.24) is 14.8 Å². The number of hydrogen-bond donors (Lipinski definition) is 2. The van der Waals surface area contributed by atoms with Crippen LogP contribution in [0.3, 0.4) is 0 Å². The topological polar surface area (TPSA) is 103 Å². The van der Waals surface area contributed by atoms with E-state index in [-0.39, 0.29) is 22.5 Å². The van der Waals surface area contributed by atoms with Crippen molar-refractivity contribution in [2.75, 3.05) is 38.5 Å². The number of aromatic amines is 1. The molecule has 1 fully saturated rings. The Kier molecular flexibility index (Phi) is 6.94. The van der Waals surface area contributed by atoms with Crippen molar-refractivity contribution in [2.45, 2.75) is 24.5 Å². The minimum absolute atomic E-state index is 0.0281. The number of piperazine rings is 1. The zero-order valence-electron chi connectivity index (χ0n) is 21.5. The van der Waals surface area contributed by atoms with Crippen LogP contribution < -0.4 is 5.32 Å². The Morgan fingerprint density at radius 3 is 2.53 bits per heavy atom. The molecule has 0 saturated carbocycles. The molecule has 3 aromatic rings. The average molecular weight is 553 g/mol. The number of amides is 2. The molecule has 3 heterocycles. The van der Waals surface area contributed by atoms with Crippen LogP contribution >= 0.6 is 11.6 Å². The molecule has 5 rings (SSSR count). The minimum Gasteiger partial charge on any atom is -0.358 e. The number of aromatic nitrogens is 1. The van der Waals surface area contributed by atoms with Crippen LogP contribution in [0.1, 0.15) is 38.4 Å². The molecule has 8 nitrogen and oxygen atoms in total. The van der Waals surface area contributed by atoms with Crippen LogP contribution in [0.5, 0.6) is 0 Å². The summed E-state index contributed by atoms with van der Waals surface area (Å²) in [6.07, 6.45) is 1.69. The van der Waals surface area contributed by atoms with Gasteiger partial charge in [-0.1, -0.05) is 23.7 Å². The molecule has 198 valence electrons. The largest absolute Gasteiger partial charge is 0.358 e. The SMILES string of the molecule is Cc1[nH]c(/C=C2\C(=O)Nc3ccc(S(=O)(=O)Cc4cccc(Cl)c4)cc32)c(C)c1C(=O)N1CCN(C)CC1. The lowest BCUT2D eigenvalue weighted by atomic mass is 10.0. The lowest BCUT2D eigenvalue weighted by Gasteiger charge is -2.32. The van der Waals surface area contributed by atoms with Crippen molar-refractivity contribution in [3.05, 3.63) is 81.1 Å². The van der Waals surface area contributed by atoms with Crippen molar-refractivity contribution in [2.24, 2.45) is 0 Å². The number of fused-ring (bicyclic) bond motifs is 1. The van der Waals surface area contributed by atoms with Crippen LogP contribution in [0, 0.1) is 13.8 Å². The summed E-state index contributed by atoms with van der Waals surface area (Å²) in [5.74, 6) is -0.568. The number of carbonyl (C=O) groups is 2. The Hall–Kier alpha value is -3.40. The lowest BCUT2D eigenvalue weighted by molar-refractivity contribution is -0.110. The molecule has 2 amide bonds. The Morgan fingerprint density at radius 1 is 1.08 bits per heavy atom. The van der Waals surface area contributed by atoms with E-state index in [0.29, 0.717) is 51.8 Å². The number of benzene rings is 2. The van der Waals surface area contributed by atoms with Crippen molar-refractivity contribution in [1.29, 1.82) is 0 Å². The molecule has 0 unspecified atom stereocenters. The molecule has 10 heteroatoms. The monoisotopic (exact) mass is 552 g/mol. The first-order valence-corrected chi connectivity index (χ1v) is 14.4. The molecule has 0 radical (unpaired) electrons. The predicted molar refractivity (Wildman–Crippen MR) is 149 cm³/mol. The third-order valence-corrected chi connectivity index (χ3v) is 9.07.